The van der Waals surface area contributed by atoms with Gasteiger partial charge in [-0.15, -0.1) is 3.89 Å². The molecule has 2 N–H and O–H groups in total. The number of hydrogen-bond donors (Lipinski definition) is 1. The third-order valence-corrected chi connectivity index (χ3v) is 1.76. The van der Waals surface area contributed by atoms with Crippen LogP contribution in [0.5, 0.6) is 0 Å². The predicted molar refractivity (Wildman–Crippen MR) is 33.2 cm³/mol. The first-order chi connectivity index (χ1) is 3.95. The van der Waals surface area contributed by atoms with Gasteiger partial charge in [-0.1, -0.05) is 6.92 Å². The molecule has 0 aliphatic rings. The second-order valence-corrected chi connectivity index (χ2v) is 3.28. The van der Waals surface area contributed by atoms with Crippen molar-refractivity contribution in [1.29, 1.82) is 0 Å². The molecule has 56 valence electrons. The van der Waals surface area contributed by atoms with Gasteiger partial charge in [0.25, 0.3) is 0 Å². The highest BCUT2D eigenvalue weighted by Crippen LogP contribution is 1.95. The Labute approximate surface area is 54.3 Å². The maximum absolute atomic E-state index is 11.7. The Morgan fingerprint density at radius 3 is 2.22 bits per heavy atom. The molecule has 0 rings (SSSR count). The Kier molecular flexibility index (Phi) is 3.07. The van der Waals surface area contributed by atoms with Crippen LogP contribution in [0.3, 0.4) is 0 Å². The molecule has 0 saturated carbocycles. The van der Waals surface area contributed by atoms with Crippen molar-refractivity contribution < 1.29 is 12.3 Å². The highest BCUT2D eigenvalue weighted by Gasteiger charge is 2.11. The molecule has 0 radical (unpaired) electrons. The van der Waals surface area contributed by atoms with E-state index in [-0.39, 0.29) is 0 Å². The van der Waals surface area contributed by atoms with Gasteiger partial charge in [-0.05, 0) is 6.42 Å². The van der Waals surface area contributed by atoms with Crippen molar-refractivity contribution in [3.63, 3.8) is 0 Å². The lowest BCUT2D eigenvalue weighted by Crippen LogP contribution is -2.26. The molecule has 0 spiro atoms. The monoisotopic (exact) mass is 155 g/mol. The van der Waals surface area contributed by atoms with E-state index in [0.717, 1.165) is 0 Å². The first kappa shape index (κ1) is 8.84. The first-order valence-electron chi connectivity index (χ1n) is 2.63. The lowest BCUT2D eigenvalue weighted by molar-refractivity contribution is 0.541. The predicted octanol–water partition coefficient (Wildman–Crippen LogP) is 0.0230. The largest absolute Gasteiger partial charge is 0.327 e. The number of halogens is 1. The van der Waals surface area contributed by atoms with E-state index in [1.54, 1.807) is 6.92 Å². The van der Waals surface area contributed by atoms with Crippen LogP contribution in [0, 0.1) is 0 Å². The summed E-state index contributed by atoms with van der Waals surface area (Å²) in [6.07, 6.45) is 0.475. The van der Waals surface area contributed by atoms with Crippen LogP contribution in [0.2, 0.25) is 0 Å². The topological polar surface area (TPSA) is 60.2 Å². The van der Waals surface area contributed by atoms with Crippen LogP contribution in [0.25, 0.3) is 0 Å². The first-order valence-corrected chi connectivity index (χ1v) is 4.19. The standard InChI is InChI=1S/C4H10FNO2S/c1-2-4(6)3-9(5,7)8/h4H,2-3,6H2,1H3. The molecular weight excluding hydrogens is 145 g/mol. The van der Waals surface area contributed by atoms with E-state index in [1.165, 1.54) is 0 Å². The van der Waals surface area contributed by atoms with Crippen LogP contribution >= 0.6 is 0 Å². The lowest BCUT2D eigenvalue weighted by atomic mass is 10.3. The summed E-state index contributed by atoms with van der Waals surface area (Å²) in [4.78, 5) is 0. The van der Waals surface area contributed by atoms with E-state index in [4.69, 9.17) is 5.73 Å². The van der Waals surface area contributed by atoms with E-state index < -0.39 is 22.0 Å². The van der Waals surface area contributed by atoms with Crippen molar-refractivity contribution in [2.24, 2.45) is 5.73 Å². The van der Waals surface area contributed by atoms with Gasteiger partial charge in [0.2, 0.25) is 0 Å². The zero-order valence-corrected chi connectivity index (χ0v) is 5.99. The second kappa shape index (κ2) is 3.12. The van der Waals surface area contributed by atoms with Crippen LogP contribution in [0.4, 0.5) is 3.89 Å². The lowest BCUT2D eigenvalue weighted by Gasteiger charge is -2.02. The minimum absolute atomic E-state index is 0.475. The summed E-state index contributed by atoms with van der Waals surface area (Å²) in [6, 6.07) is -0.569. The average molecular weight is 155 g/mol. The van der Waals surface area contributed by atoms with E-state index in [1.807, 2.05) is 0 Å². The Hall–Kier alpha value is -0.160. The van der Waals surface area contributed by atoms with Gasteiger partial charge in [0, 0.05) is 6.04 Å². The molecule has 0 fully saturated rings. The summed E-state index contributed by atoms with van der Waals surface area (Å²) < 4.78 is 31.4. The third kappa shape index (κ3) is 5.72. The minimum Gasteiger partial charge on any atom is -0.327 e. The van der Waals surface area contributed by atoms with Crippen LogP contribution < -0.4 is 5.73 Å². The molecule has 0 aromatic rings. The fraction of sp³-hybridized carbons (Fsp3) is 1.00. The SMILES string of the molecule is CCC(N)CS(=O)(=O)F. The molecule has 0 aliphatic carbocycles. The second-order valence-electron chi connectivity index (χ2n) is 1.87. The molecule has 0 aromatic heterocycles. The van der Waals surface area contributed by atoms with Gasteiger partial charge in [-0.25, -0.2) is 0 Å². The van der Waals surface area contributed by atoms with Gasteiger partial charge >= 0.3 is 10.2 Å². The molecule has 9 heavy (non-hydrogen) atoms. The molecule has 0 aliphatic heterocycles. The average Bonchev–Trinajstić information content (AvgIpc) is 1.62. The van der Waals surface area contributed by atoms with Crippen molar-refractivity contribution in [1.82, 2.24) is 0 Å². The summed E-state index contributed by atoms with van der Waals surface area (Å²) in [5.41, 5.74) is 5.14. The molecule has 5 heteroatoms. The minimum atomic E-state index is -4.36. The maximum Gasteiger partial charge on any atom is 0.303 e. The van der Waals surface area contributed by atoms with Crippen molar-refractivity contribution in [3.05, 3.63) is 0 Å². The zero-order valence-electron chi connectivity index (χ0n) is 5.17. The molecular formula is C4H10FNO2S. The molecule has 1 unspecified atom stereocenters. The third-order valence-electron chi connectivity index (χ3n) is 0.938. The van der Waals surface area contributed by atoms with E-state index in [0.29, 0.717) is 6.42 Å². The number of nitrogens with two attached hydrogens (primary N) is 1. The fourth-order valence-corrected chi connectivity index (χ4v) is 1.12. The van der Waals surface area contributed by atoms with Crippen LogP contribution in [0.15, 0.2) is 0 Å². The highest BCUT2D eigenvalue weighted by molar-refractivity contribution is 7.86. The summed E-state index contributed by atoms with van der Waals surface area (Å²) in [6.45, 7) is 1.70. The summed E-state index contributed by atoms with van der Waals surface area (Å²) in [5, 5.41) is 0. The molecule has 0 saturated heterocycles. The Bertz CT molecular complexity index is 165. The van der Waals surface area contributed by atoms with Crippen molar-refractivity contribution in [2.45, 2.75) is 19.4 Å². The Morgan fingerprint density at radius 2 is 2.11 bits per heavy atom. The van der Waals surface area contributed by atoms with Crippen LogP contribution in [-0.2, 0) is 10.2 Å². The van der Waals surface area contributed by atoms with E-state index in [2.05, 4.69) is 0 Å². The fourth-order valence-electron chi connectivity index (χ4n) is 0.374. The maximum atomic E-state index is 11.7. The van der Waals surface area contributed by atoms with Gasteiger partial charge in [0.05, 0.1) is 5.75 Å². The quantitative estimate of drug-likeness (QED) is 0.584. The Morgan fingerprint density at radius 1 is 1.67 bits per heavy atom. The van der Waals surface area contributed by atoms with Gasteiger partial charge in [-0.2, -0.15) is 8.42 Å². The van der Waals surface area contributed by atoms with Gasteiger partial charge in [0.1, 0.15) is 0 Å². The van der Waals surface area contributed by atoms with Crippen LogP contribution in [-0.4, -0.2) is 20.2 Å². The summed E-state index contributed by atoms with van der Waals surface area (Å²) in [7, 11) is -4.36. The van der Waals surface area contributed by atoms with E-state index in [9.17, 15) is 12.3 Å². The van der Waals surface area contributed by atoms with Crippen molar-refractivity contribution >= 4 is 10.2 Å². The van der Waals surface area contributed by atoms with Crippen LogP contribution in [0.1, 0.15) is 13.3 Å². The Balaban J connectivity index is 3.75. The number of rotatable bonds is 3. The normalized spacial score (nSPS) is 15.4. The van der Waals surface area contributed by atoms with Gasteiger partial charge in [-0.3, -0.25) is 0 Å². The van der Waals surface area contributed by atoms with E-state index >= 15 is 0 Å². The molecule has 0 amide bonds. The number of hydrogen-bond acceptors (Lipinski definition) is 3. The smallest absolute Gasteiger partial charge is 0.303 e. The van der Waals surface area contributed by atoms with Gasteiger partial charge < -0.3 is 5.73 Å². The summed E-state index contributed by atoms with van der Waals surface area (Å²) >= 11 is 0. The molecule has 3 nitrogen and oxygen atoms in total. The molecule has 0 aromatic carbocycles. The molecule has 0 heterocycles. The highest BCUT2D eigenvalue weighted by atomic mass is 32.3. The zero-order chi connectivity index (χ0) is 7.49. The van der Waals surface area contributed by atoms with Crippen molar-refractivity contribution in [2.75, 3.05) is 5.75 Å². The molecule has 1 atom stereocenters. The van der Waals surface area contributed by atoms with Crippen molar-refractivity contribution in [3.8, 4) is 0 Å². The summed E-state index contributed by atoms with van der Waals surface area (Å²) in [5.74, 6) is -0.566. The molecule has 0 bridgehead atoms. The van der Waals surface area contributed by atoms with Gasteiger partial charge in [0.15, 0.2) is 0 Å².